The highest BCUT2D eigenvalue weighted by atomic mass is 16.1. The van der Waals surface area contributed by atoms with Gasteiger partial charge in [0.05, 0.1) is 0 Å². The largest absolute Gasteiger partial charge is 0.306 e. The van der Waals surface area contributed by atoms with Gasteiger partial charge in [0.1, 0.15) is 6.29 Å². The Morgan fingerprint density at radius 2 is 1.22 bits per heavy atom. The molecule has 268 valence electrons. The van der Waals surface area contributed by atoms with Gasteiger partial charge >= 0.3 is 0 Å². The van der Waals surface area contributed by atoms with Gasteiger partial charge in [-0.1, -0.05) is 192 Å². The van der Waals surface area contributed by atoms with Crippen LogP contribution in [0.3, 0.4) is 0 Å². The minimum atomic E-state index is -0.153. The molecule has 0 atom stereocenters. The monoisotopic (exact) mass is 664 g/mol. The molecule has 0 spiro atoms. The highest BCUT2D eigenvalue weighted by molar-refractivity contribution is 5.74. The number of carbonyl (C=O) groups is 1. The third-order valence-electron chi connectivity index (χ3n) is 9.50. The van der Waals surface area contributed by atoms with E-state index >= 15 is 0 Å². The van der Waals surface area contributed by atoms with Crippen LogP contribution in [0.15, 0.2) is 91.5 Å². The van der Waals surface area contributed by atoms with Crippen LogP contribution < -0.4 is 0 Å². The number of aldehydes is 1. The lowest BCUT2D eigenvalue weighted by molar-refractivity contribution is -0.104. The van der Waals surface area contributed by atoms with Crippen molar-refractivity contribution >= 4 is 18.4 Å². The Morgan fingerprint density at radius 3 is 1.69 bits per heavy atom. The Kier molecular flexibility index (Phi) is 21.1. The number of nitrogens with zero attached hydrogens (tertiary/aromatic N) is 1. The van der Waals surface area contributed by atoms with Crippen LogP contribution in [0.5, 0.6) is 0 Å². The molecular weight excluding hydrogens is 595 g/mol. The Labute approximate surface area is 302 Å². The summed E-state index contributed by atoms with van der Waals surface area (Å²) in [5.41, 5.74) is 8.30. The lowest BCUT2D eigenvalue weighted by Gasteiger charge is -2.30. The van der Waals surface area contributed by atoms with E-state index in [1.54, 1.807) is 0 Å². The van der Waals surface area contributed by atoms with Crippen molar-refractivity contribution in [1.82, 2.24) is 4.90 Å². The zero-order chi connectivity index (χ0) is 36.7. The van der Waals surface area contributed by atoms with Crippen LogP contribution in [0.25, 0.3) is 12.2 Å². The summed E-state index contributed by atoms with van der Waals surface area (Å²) in [6.45, 7) is 26.1. The predicted molar refractivity (Wildman–Crippen MR) is 220 cm³/mol. The molecule has 0 aromatic heterocycles. The fraction of sp³-hybridized carbons (Fsp3) is 0.468. The summed E-state index contributed by atoms with van der Waals surface area (Å²) in [6, 6.07) is 24.1. The van der Waals surface area contributed by atoms with E-state index in [2.05, 4.69) is 134 Å². The standard InChI is InChI=1S/C32H34O.C7H16.C6H13N.C2H6/c1-7-8-13-26-23-30(16-15-24(26)2)32(5,6)28-19-17-27(18-20-28)31(3,4)29-14-9-11-25(22-29)12-10-21-33;1-3-5-7-6-4-2;1-7-5-3-2-4-6-7;1-2/h7-23H,1H2,2-6H3;3-7H2,1-2H3;2-6H2,1H3;1-2H3/b12-10+,13-8+;;;. The maximum atomic E-state index is 10.7. The molecule has 0 saturated carbocycles. The summed E-state index contributed by atoms with van der Waals surface area (Å²) in [5, 5.41) is 0. The van der Waals surface area contributed by atoms with Gasteiger partial charge in [0.2, 0.25) is 0 Å². The van der Waals surface area contributed by atoms with Crippen molar-refractivity contribution in [2.75, 3.05) is 20.1 Å². The van der Waals surface area contributed by atoms with Gasteiger partial charge in [-0.15, -0.1) is 0 Å². The second-order valence-corrected chi connectivity index (χ2v) is 14.0. The molecule has 49 heavy (non-hydrogen) atoms. The molecular formula is C47H69NO. The summed E-state index contributed by atoms with van der Waals surface area (Å²) in [5.74, 6) is 0. The van der Waals surface area contributed by atoms with E-state index in [0.29, 0.717) is 0 Å². The highest BCUT2D eigenvalue weighted by Crippen LogP contribution is 2.36. The number of benzene rings is 3. The number of aryl methyl sites for hydroxylation is 1. The zero-order valence-corrected chi connectivity index (χ0v) is 32.9. The van der Waals surface area contributed by atoms with Gasteiger partial charge < -0.3 is 4.90 Å². The van der Waals surface area contributed by atoms with Gasteiger partial charge in [0, 0.05) is 10.8 Å². The third-order valence-corrected chi connectivity index (χ3v) is 9.50. The van der Waals surface area contributed by atoms with Gasteiger partial charge in [-0.3, -0.25) is 4.79 Å². The average Bonchev–Trinajstić information content (AvgIpc) is 3.12. The van der Waals surface area contributed by atoms with Crippen molar-refractivity contribution in [3.05, 3.63) is 130 Å². The number of rotatable bonds is 12. The lowest BCUT2D eigenvalue weighted by Crippen LogP contribution is -2.24. The van der Waals surface area contributed by atoms with Crippen molar-refractivity contribution in [3.8, 4) is 0 Å². The Morgan fingerprint density at radius 1 is 0.694 bits per heavy atom. The fourth-order valence-corrected chi connectivity index (χ4v) is 5.93. The average molecular weight is 664 g/mol. The van der Waals surface area contributed by atoms with E-state index in [1.165, 1.54) is 104 Å². The van der Waals surface area contributed by atoms with Crippen molar-refractivity contribution in [2.45, 2.75) is 125 Å². The number of allylic oxidation sites excluding steroid dienone is 3. The van der Waals surface area contributed by atoms with Crippen LogP contribution in [0, 0.1) is 6.92 Å². The lowest BCUT2D eigenvalue weighted by atomic mass is 9.74. The summed E-state index contributed by atoms with van der Waals surface area (Å²) in [4.78, 5) is 13.1. The molecule has 1 aliphatic rings. The van der Waals surface area contributed by atoms with Crippen LogP contribution >= 0.6 is 0 Å². The molecule has 1 fully saturated rings. The van der Waals surface area contributed by atoms with E-state index in [4.69, 9.17) is 0 Å². The van der Waals surface area contributed by atoms with Crippen LogP contribution in [0.4, 0.5) is 0 Å². The second kappa shape index (κ2) is 23.8. The van der Waals surface area contributed by atoms with E-state index in [-0.39, 0.29) is 10.8 Å². The third kappa shape index (κ3) is 14.9. The van der Waals surface area contributed by atoms with E-state index < -0.39 is 0 Å². The minimum absolute atomic E-state index is 0.118. The van der Waals surface area contributed by atoms with E-state index in [1.807, 2.05) is 38.1 Å². The van der Waals surface area contributed by atoms with Crippen molar-refractivity contribution in [1.29, 1.82) is 0 Å². The van der Waals surface area contributed by atoms with Crippen molar-refractivity contribution < 1.29 is 4.79 Å². The normalized spacial score (nSPS) is 13.4. The Hall–Kier alpha value is -3.49. The molecule has 3 aromatic rings. The molecule has 0 bridgehead atoms. The van der Waals surface area contributed by atoms with Gasteiger partial charge in [0.15, 0.2) is 0 Å². The molecule has 0 aliphatic carbocycles. The number of unbranched alkanes of at least 4 members (excludes halogenated alkanes) is 4. The molecule has 0 unspecified atom stereocenters. The maximum Gasteiger partial charge on any atom is 0.142 e. The Balaban J connectivity index is 0.000000617. The molecule has 3 aromatic carbocycles. The molecule has 1 saturated heterocycles. The number of piperidine rings is 1. The van der Waals surface area contributed by atoms with Gasteiger partial charge in [0.25, 0.3) is 0 Å². The summed E-state index contributed by atoms with van der Waals surface area (Å²) in [6.07, 6.45) is 21.4. The molecule has 0 N–H and O–H groups in total. The van der Waals surface area contributed by atoms with Crippen molar-refractivity contribution in [3.63, 3.8) is 0 Å². The number of likely N-dealkylation sites (tertiary alicyclic amines) is 1. The van der Waals surface area contributed by atoms with E-state index in [9.17, 15) is 4.79 Å². The van der Waals surface area contributed by atoms with Gasteiger partial charge in [-0.2, -0.15) is 0 Å². The number of carbonyl (C=O) groups excluding carboxylic acids is 1. The minimum Gasteiger partial charge on any atom is -0.306 e. The predicted octanol–water partition coefficient (Wildman–Crippen LogP) is 13.2. The van der Waals surface area contributed by atoms with E-state index in [0.717, 1.165) is 11.8 Å². The number of hydrogen-bond acceptors (Lipinski definition) is 2. The zero-order valence-electron chi connectivity index (χ0n) is 32.9. The smallest absolute Gasteiger partial charge is 0.142 e. The molecule has 1 aliphatic heterocycles. The van der Waals surface area contributed by atoms with Crippen LogP contribution in [0.1, 0.15) is 146 Å². The summed E-state index contributed by atoms with van der Waals surface area (Å²) >= 11 is 0. The highest BCUT2D eigenvalue weighted by Gasteiger charge is 2.27. The maximum absolute atomic E-state index is 10.7. The summed E-state index contributed by atoms with van der Waals surface area (Å²) < 4.78 is 0. The molecule has 2 nitrogen and oxygen atoms in total. The first-order valence-corrected chi connectivity index (χ1v) is 18.9. The summed E-state index contributed by atoms with van der Waals surface area (Å²) in [7, 11) is 2.19. The number of hydrogen-bond donors (Lipinski definition) is 0. The SMILES string of the molecule is C=C/C=C/c1cc(C(C)(C)c2ccc(C(C)(C)c3cccc(/C=C/C=O)c3)cc2)ccc1C.CC.CCCCCCC.CN1CCCCC1. The molecule has 0 amide bonds. The quantitative estimate of drug-likeness (QED) is 0.0832. The molecule has 4 rings (SSSR count). The first kappa shape index (κ1) is 43.5. The van der Waals surface area contributed by atoms with Crippen molar-refractivity contribution in [2.24, 2.45) is 0 Å². The Bertz CT molecular complexity index is 1400. The van der Waals surface area contributed by atoms with Gasteiger partial charge in [-0.25, -0.2) is 0 Å². The molecule has 1 heterocycles. The van der Waals surface area contributed by atoms with Crippen LogP contribution in [-0.2, 0) is 15.6 Å². The van der Waals surface area contributed by atoms with Gasteiger partial charge in [-0.05, 0) is 84.9 Å². The first-order chi connectivity index (χ1) is 23.5. The fourth-order valence-electron chi connectivity index (χ4n) is 5.93. The van der Waals surface area contributed by atoms with Crippen LogP contribution in [-0.4, -0.2) is 31.3 Å². The second-order valence-electron chi connectivity index (χ2n) is 14.0. The molecule has 0 radical (unpaired) electrons. The molecule has 2 heteroatoms. The first-order valence-electron chi connectivity index (χ1n) is 18.9. The topological polar surface area (TPSA) is 20.3 Å². The van der Waals surface area contributed by atoms with Crippen LogP contribution in [0.2, 0.25) is 0 Å².